The molecule has 21 heavy (non-hydrogen) atoms. The third-order valence-corrected chi connectivity index (χ3v) is 9.46. The minimum Gasteiger partial charge on any atom is -0.417 e. The average molecular weight is 325 g/mol. The van der Waals surface area contributed by atoms with Crippen molar-refractivity contribution >= 4 is 16.4 Å². The molecule has 0 spiro atoms. The monoisotopic (exact) mass is 324 g/mol. The van der Waals surface area contributed by atoms with Crippen LogP contribution >= 0.6 is 0 Å². The molecule has 0 fully saturated rings. The summed E-state index contributed by atoms with van der Waals surface area (Å²) < 4.78 is 6.21. The number of allylic oxidation sites excluding steroid dienone is 1. The molecule has 0 saturated heterocycles. The molecule has 0 aliphatic carbocycles. The molecule has 0 aromatic carbocycles. The van der Waals surface area contributed by atoms with Gasteiger partial charge in [0.25, 0.3) is 0 Å². The highest BCUT2D eigenvalue weighted by Gasteiger charge is 2.36. The number of hydrogen-bond acceptors (Lipinski definition) is 1. The minimum absolute atomic E-state index is 0.303. The fraction of sp³-hybridized carbons (Fsp3) is 0.778. The maximum Gasteiger partial charge on any atom is 0.191 e. The molecule has 3 heteroatoms. The predicted octanol–water partition coefficient (Wildman–Crippen LogP) is 6.01. The third-order valence-electron chi connectivity index (χ3n) is 3.99. The zero-order chi connectivity index (χ0) is 16.7. The van der Waals surface area contributed by atoms with Crippen LogP contribution in [-0.4, -0.2) is 23.0 Å². The van der Waals surface area contributed by atoms with E-state index in [0.717, 1.165) is 25.9 Å². The van der Waals surface area contributed by atoms with E-state index in [9.17, 15) is 0 Å². The van der Waals surface area contributed by atoms with Crippen LogP contribution in [0, 0.1) is 11.5 Å². The Bertz CT molecular complexity index is 398. The first kappa shape index (κ1) is 20.7. The molecule has 1 nitrogen and oxygen atoms in total. The van der Waals surface area contributed by atoms with Gasteiger partial charge in [0.1, 0.15) is 8.07 Å². The van der Waals surface area contributed by atoms with Crippen molar-refractivity contribution in [1.82, 2.24) is 0 Å². The second-order valence-electron chi connectivity index (χ2n) is 8.50. The van der Waals surface area contributed by atoms with Crippen molar-refractivity contribution in [2.45, 2.75) is 84.7 Å². The van der Waals surface area contributed by atoms with Crippen LogP contribution in [0.15, 0.2) is 11.6 Å². The van der Waals surface area contributed by atoms with E-state index < -0.39 is 16.4 Å². The lowest BCUT2D eigenvalue weighted by molar-refractivity contribution is 0.291. The molecule has 0 unspecified atom stereocenters. The molecule has 122 valence electrons. The molecule has 0 radical (unpaired) electrons. The number of rotatable bonds is 6. The molecule has 0 saturated carbocycles. The Kier molecular flexibility index (Phi) is 8.24. The summed E-state index contributed by atoms with van der Waals surface area (Å²) in [4.78, 5) is 0. The second kappa shape index (κ2) is 8.36. The van der Waals surface area contributed by atoms with E-state index in [1.807, 2.05) is 0 Å². The first-order chi connectivity index (χ1) is 9.35. The normalized spacial score (nSPS) is 13.9. The molecule has 0 aromatic heterocycles. The lowest BCUT2D eigenvalue weighted by atomic mass is 10.1. The number of hydrogen-bond donors (Lipinski definition) is 0. The Balaban J connectivity index is 4.07. The van der Waals surface area contributed by atoms with Gasteiger partial charge < -0.3 is 4.43 Å². The van der Waals surface area contributed by atoms with E-state index in [2.05, 4.69) is 78.0 Å². The van der Waals surface area contributed by atoms with Crippen molar-refractivity contribution in [2.24, 2.45) is 0 Å². The Morgan fingerprint density at radius 1 is 1.10 bits per heavy atom. The van der Waals surface area contributed by atoms with Crippen LogP contribution in [-0.2, 0) is 4.43 Å². The zero-order valence-corrected chi connectivity index (χ0v) is 17.8. The van der Waals surface area contributed by atoms with Gasteiger partial charge in [-0.05, 0) is 37.9 Å². The maximum atomic E-state index is 6.21. The molecule has 0 rings (SSSR count). The van der Waals surface area contributed by atoms with Crippen molar-refractivity contribution in [3.8, 4) is 11.5 Å². The van der Waals surface area contributed by atoms with Gasteiger partial charge >= 0.3 is 0 Å². The lowest BCUT2D eigenvalue weighted by Crippen LogP contribution is -2.40. The van der Waals surface area contributed by atoms with Gasteiger partial charge in [-0.25, -0.2) is 0 Å². The molecule has 0 heterocycles. The van der Waals surface area contributed by atoms with Gasteiger partial charge in [-0.1, -0.05) is 52.1 Å². The fourth-order valence-electron chi connectivity index (χ4n) is 1.50. The van der Waals surface area contributed by atoms with Gasteiger partial charge in [0, 0.05) is 13.0 Å². The van der Waals surface area contributed by atoms with Crippen molar-refractivity contribution in [3.63, 3.8) is 0 Å². The lowest BCUT2D eigenvalue weighted by Gasteiger charge is -2.36. The molecule has 0 aliphatic rings. The molecule has 0 aliphatic heterocycles. The van der Waals surface area contributed by atoms with Crippen LogP contribution in [0.1, 0.15) is 47.0 Å². The topological polar surface area (TPSA) is 9.23 Å². The summed E-state index contributed by atoms with van der Waals surface area (Å²) in [6, 6.07) is 0. The summed E-state index contributed by atoms with van der Waals surface area (Å²) in [5.41, 5.74) is 4.85. The van der Waals surface area contributed by atoms with Crippen molar-refractivity contribution in [1.29, 1.82) is 0 Å². The van der Waals surface area contributed by atoms with E-state index in [1.54, 1.807) is 0 Å². The molecule has 0 bridgehead atoms. The van der Waals surface area contributed by atoms with E-state index in [-0.39, 0.29) is 0 Å². The quantitative estimate of drug-likeness (QED) is 0.252. The van der Waals surface area contributed by atoms with Crippen LogP contribution in [0.2, 0.25) is 37.8 Å². The first-order valence-corrected chi connectivity index (χ1v) is 14.6. The summed E-state index contributed by atoms with van der Waals surface area (Å²) in [6.45, 7) is 21.5. The SMILES string of the molecule is C/C(=C\CCC#C[Si](C)(C)C)CCO[Si](C)(C)C(C)(C)C. The average Bonchev–Trinajstić information content (AvgIpc) is 2.25. The standard InChI is InChI=1S/C18H36OSi2/c1-17(13-11-10-12-16-20(5,6)7)14-15-19-21(8,9)18(2,3)4/h13H,10-11,14-15H2,1-9H3/b17-13+. The highest BCUT2D eigenvalue weighted by atomic mass is 28.4. The highest BCUT2D eigenvalue weighted by Crippen LogP contribution is 2.36. The third kappa shape index (κ3) is 10.1. The second-order valence-corrected chi connectivity index (χ2v) is 18.1. The largest absolute Gasteiger partial charge is 0.417 e. The van der Waals surface area contributed by atoms with Crippen LogP contribution in [0.3, 0.4) is 0 Å². The van der Waals surface area contributed by atoms with Crippen LogP contribution in [0.4, 0.5) is 0 Å². The van der Waals surface area contributed by atoms with E-state index in [0.29, 0.717) is 5.04 Å². The predicted molar refractivity (Wildman–Crippen MR) is 102 cm³/mol. The Hall–Kier alpha value is -0.306. The Morgan fingerprint density at radius 3 is 2.14 bits per heavy atom. The van der Waals surface area contributed by atoms with Crippen LogP contribution < -0.4 is 0 Å². The van der Waals surface area contributed by atoms with Crippen molar-refractivity contribution in [3.05, 3.63) is 11.6 Å². The molecular weight excluding hydrogens is 288 g/mol. The molecule has 0 aromatic rings. The van der Waals surface area contributed by atoms with Gasteiger partial charge in [0.05, 0.1) is 0 Å². The Morgan fingerprint density at radius 2 is 1.67 bits per heavy atom. The first-order valence-electron chi connectivity index (χ1n) is 8.15. The van der Waals surface area contributed by atoms with Gasteiger partial charge in [-0.15, -0.1) is 11.5 Å². The van der Waals surface area contributed by atoms with Crippen LogP contribution in [0.5, 0.6) is 0 Å². The van der Waals surface area contributed by atoms with Gasteiger partial charge in [-0.2, -0.15) is 0 Å². The smallest absolute Gasteiger partial charge is 0.191 e. The molecular formula is C18H36OSi2. The van der Waals surface area contributed by atoms with E-state index >= 15 is 0 Å². The Labute approximate surface area is 135 Å². The molecule has 0 N–H and O–H groups in total. The van der Waals surface area contributed by atoms with E-state index in [4.69, 9.17) is 4.43 Å². The zero-order valence-electron chi connectivity index (χ0n) is 15.8. The van der Waals surface area contributed by atoms with Crippen LogP contribution in [0.25, 0.3) is 0 Å². The van der Waals surface area contributed by atoms with Crippen molar-refractivity contribution < 1.29 is 4.43 Å². The summed E-state index contributed by atoms with van der Waals surface area (Å²) in [5, 5.41) is 0.303. The van der Waals surface area contributed by atoms with Crippen molar-refractivity contribution in [2.75, 3.05) is 6.61 Å². The number of unbranched alkanes of at least 4 members (excludes halogenated alkanes) is 1. The summed E-state index contributed by atoms with van der Waals surface area (Å²) in [6.07, 6.45) is 5.44. The molecule has 0 amide bonds. The molecule has 0 atom stereocenters. The summed E-state index contributed by atoms with van der Waals surface area (Å²) in [5.74, 6) is 3.32. The van der Waals surface area contributed by atoms with Gasteiger partial charge in [0.2, 0.25) is 0 Å². The van der Waals surface area contributed by atoms with E-state index in [1.165, 1.54) is 5.57 Å². The maximum absolute atomic E-state index is 6.21. The summed E-state index contributed by atoms with van der Waals surface area (Å²) >= 11 is 0. The van der Waals surface area contributed by atoms with Gasteiger partial charge in [-0.3, -0.25) is 0 Å². The highest BCUT2D eigenvalue weighted by molar-refractivity contribution is 6.83. The minimum atomic E-state index is -1.58. The fourth-order valence-corrected chi connectivity index (χ4v) is 3.20. The van der Waals surface area contributed by atoms with Gasteiger partial charge in [0.15, 0.2) is 8.32 Å². The summed E-state index contributed by atoms with van der Waals surface area (Å²) in [7, 11) is -2.77.